The number of rotatable bonds is 5. The van der Waals surface area contributed by atoms with E-state index in [4.69, 9.17) is 13.9 Å². The van der Waals surface area contributed by atoms with Gasteiger partial charge in [0, 0.05) is 12.5 Å². The van der Waals surface area contributed by atoms with Crippen molar-refractivity contribution in [2.75, 3.05) is 6.61 Å². The Morgan fingerprint density at radius 1 is 1.32 bits per heavy atom. The van der Waals surface area contributed by atoms with E-state index in [1.807, 2.05) is 6.92 Å². The summed E-state index contributed by atoms with van der Waals surface area (Å²) in [5.74, 6) is 0.210. The minimum atomic E-state index is -0.993. The first-order valence-corrected chi connectivity index (χ1v) is 7.52. The summed E-state index contributed by atoms with van der Waals surface area (Å²) in [5, 5.41) is 16.0. The first kappa shape index (κ1) is 16.5. The smallest absolute Gasteiger partial charge is 0.433 e. The molecule has 1 aromatic carbocycles. The maximum Gasteiger partial charge on any atom is 0.433 e. The van der Waals surface area contributed by atoms with Gasteiger partial charge in [0.2, 0.25) is 11.8 Å². The quantitative estimate of drug-likeness (QED) is 0.609. The van der Waals surface area contributed by atoms with Crippen molar-refractivity contribution in [1.29, 1.82) is 0 Å². The number of hydrazone groups is 1. The van der Waals surface area contributed by atoms with Gasteiger partial charge in [0.15, 0.2) is 5.76 Å². The van der Waals surface area contributed by atoms with Crippen LogP contribution in [0.3, 0.4) is 0 Å². The van der Waals surface area contributed by atoms with Crippen molar-refractivity contribution in [2.24, 2.45) is 5.10 Å². The van der Waals surface area contributed by atoms with Crippen molar-refractivity contribution >= 4 is 17.7 Å². The van der Waals surface area contributed by atoms with Gasteiger partial charge in [-0.25, -0.2) is 0 Å². The largest absolute Gasteiger partial charge is 0.494 e. The van der Waals surface area contributed by atoms with E-state index in [9.17, 15) is 14.9 Å². The second-order valence-electron chi connectivity index (χ2n) is 5.13. The van der Waals surface area contributed by atoms with Crippen molar-refractivity contribution in [2.45, 2.75) is 20.1 Å². The molecule has 0 radical (unpaired) electrons. The number of nitro groups is 1. The van der Waals surface area contributed by atoms with Crippen LogP contribution in [0.25, 0.3) is 0 Å². The maximum absolute atomic E-state index is 11.8. The van der Waals surface area contributed by atoms with Crippen LogP contribution in [-0.2, 0) is 9.53 Å². The first-order valence-electron chi connectivity index (χ1n) is 7.52. The Labute approximate surface area is 142 Å². The summed E-state index contributed by atoms with van der Waals surface area (Å²) in [4.78, 5) is 21.9. The number of benzene rings is 1. The average Bonchev–Trinajstić information content (AvgIpc) is 3.23. The molecule has 0 saturated heterocycles. The van der Waals surface area contributed by atoms with E-state index < -0.39 is 17.0 Å². The Balaban J connectivity index is 1.86. The number of hydrogen-bond donors (Lipinski definition) is 0. The summed E-state index contributed by atoms with van der Waals surface area (Å²) in [5.41, 5.74) is 0.637. The van der Waals surface area contributed by atoms with Gasteiger partial charge in [0.1, 0.15) is 10.7 Å². The van der Waals surface area contributed by atoms with Gasteiger partial charge in [-0.1, -0.05) is 0 Å². The summed E-state index contributed by atoms with van der Waals surface area (Å²) in [7, 11) is 0. The summed E-state index contributed by atoms with van der Waals surface area (Å²) in [6.45, 7) is 3.75. The van der Waals surface area contributed by atoms with Gasteiger partial charge in [-0.05, 0) is 37.3 Å². The van der Waals surface area contributed by atoms with E-state index in [1.165, 1.54) is 19.1 Å². The third-order valence-corrected chi connectivity index (χ3v) is 3.41. The summed E-state index contributed by atoms with van der Waals surface area (Å²) in [6, 6.07) is 9.59. The lowest BCUT2D eigenvalue weighted by molar-refractivity contribution is -0.402. The van der Waals surface area contributed by atoms with Crippen molar-refractivity contribution < 1.29 is 23.6 Å². The van der Waals surface area contributed by atoms with Gasteiger partial charge in [0.25, 0.3) is 6.23 Å². The summed E-state index contributed by atoms with van der Waals surface area (Å²) >= 11 is 0. The normalized spacial score (nSPS) is 16.3. The minimum Gasteiger partial charge on any atom is -0.494 e. The molecule has 1 aliphatic rings. The van der Waals surface area contributed by atoms with Crippen LogP contribution in [0, 0.1) is 10.1 Å². The highest BCUT2D eigenvalue weighted by Gasteiger charge is 2.36. The molecule has 0 aliphatic carbocycles. The van der Waals surface area contributed by atoms with Crippen LogP contribution in [-0.4, -0.2) is 28.3 Å². The number of carbonyl (C=O) groups is 1. The number of carbonyl (C=O) groups excluding carboxylic acids is 1. The molecule has 0 fully saturated rings. The molecule has 9 nitrogen and oxygen atoms in total. The molecule has 0 bridgehead atoms. The minimum absolute atomic E-state index is 0.117. The Bertz CT molecular complexity index is 827. The zero-order valence-corrected chi connectivity index (χ0v) is 13.5. The molecule has 130 valence electrons. The molecule has 0 unspecified atom stereocenters. The molecule has 1 aromatic heterocycles. The molecule has 2 heterocycles. The number of furan rings is 1. The zero-order valence-electron chi connectivity index (χ0n) is 13.5. The fourth-order valence-electron chi connectivity index (χ4n) is 2.30. The lowest BCUT2D eigenvalue weighted by Crippen LogP contribution is -2.24. The molecule has 3 rings (SSSR count). The van der Waals surface area contributed by atoms with Crippen LogP contribution in [0.1, 0.15) is 31.4 Å². The monoisotopic (exact) mass is 345 g/mol. The number of ether oxygens (including phenoxy) is 2. The topological polar surface area (TPSA) is 107 Å². The van der Waals surface area contributed by atoms with E-state index in [-0.39, 0.29) is 17.6 Å². The average molecular weight is 345 g/mol. The Hall–Kier alpha value is -3.36. The van der Waals surface area contributed by atoms with Crippen LogP contribution in [0.15, 0.2) is 45.9 Å². The van der Waals surface area contributed by atoms with E-state index in [1.54, 1.807) is 24.3 Å². The van der Waals surface area contributed by atoms with Gasteiger partial charge in [-0.3, -0.25) is 14.9 Å². The molecule has 1 amide bonds. The number of nitrogens with zero attached hydrogens (tertiary/aromatic N) is 3. The lowest BCUT2D eigenvalue weighted by atomic mass is 10.2. The first-order chi connectivity index (χ1) is 12.0. The Morgan fingerprint density at radius 2 is 2.04 bits per heavy atom. The fraction of sp³-hybridized carbons (Fsp3) is 0.250. The molecular formula is C16H15N3O6. The third kappa shape index (κ3) is 3.30. The van der Waals surface area contributed by atoms with E-state index in [2.05, 4.69) is 5.10 Å². The van der Waals surface area contributed by atoms with Gasteiger partial charge in [-0.2, -0.15) is 5.01 Å². The summed E-state index contributed by atoms with van der Waals surface area (Å²) < 4.78 is 16.2. The second kappa shape index (κ2) is 6.63. The highest BCUT2D eigenvalue weighted by molar-refractivity contribution is 5.96. The molecule has 25 heavy (non-hydrogen) atoms. The SMILES string of the molecule is CCOc1ccc(C2=NN(C(C)=O)[C@H](c3ccc([N+](=O)[O-])o3)O2)cc1. The fourth-order valence-corrected chi connectivity index (χ4v) is 2.30. The molecule has 1 aliphatic heterocycles. The standard InChI is InChI=1S/C16H15N3O6/c1-3-23-12-6-4-11(5-7-12)15-17-18(10(2)20)16(25-15)13-8-9-14(24-13)19(21)22/h4-9,16H,3H2,1-2H3/t16-/m0/s1. The van der Waals surface area contributed by atoms with Crippen molar-refractivity contribution in [3.63, 3.8) is 0 Å². The lowest BCUT2D eigenvalue weighted by Gasteiger charge is -2.16. The van der Waals surface area contributed by atoms with Crippen LogP contribution >= 0.6 is 0 Å². The molecule has 1 atom stereocenters. The highest BCUT2D eigenvalue weighted by Crippen LogP contribution is 2.33. The third-order valence-electron chi connectivity index (χ3n) is 3.41. The van der Waals surface area contributed by atoms with Crippen molar-refractivity contribution in [3.8, 4) is 5.75 Å². The highest BCUT2D eigenvalue weighted by atomic mass is 16.7. The predicted molar refractivity (Wildman–Crippen MR) is 85.9 cm³/mol. The van der Waals surface area contributed by atoms with Crippen LogP contribution in [0.2, 0.25) is 0 Å². The molecule has 9 heteroatoms. The summed E-state index contributed by atoms with van der Waals surface area (Å²) in [6.07, 6.45) is -0.993. The predicted octanol–water partition coefficient (Wildman–Crippen LogP) is 2.83. The van der Waals surface area contributed by atoms with E-state index >= 15 is 0 Å². The second-order valence-corrected chi connectivity index (χ2v) is 5.13. The van der Waals surface area contributed by atoms with Gasteiger partial charge >= 0.3 is 5.88 Å². The maximum atomic E-state index is 11.8. The van der Waals surface area contributed by atoms with Crippen LogP contribution in [0.4, 0.5) is 5.88 Å². The zero-order chi connectivity index (χ0) is 18.0. The van der Waals surface area contributed by atoms with Crippen molar-refractivity contribution in [1.82, 2.24) is 5.01 Å². The van der Waals surface area contributed by atoms with Gasteiger partial charge < -0.3 is 13.9 Å². The molecule has 0 N–H and O–H groups in total. The Morgan fingerprint density at radius 3 is 2.60 bits per heavy atom. The van der Waals surface area contributed by atoms with Gasteiger partial charge in [-0.15, -0.1) is 5.10 Å². The number of hydrogen-bond acceptors (Lipinski definition) is 7. The van der Waals surface area contributed by atoms with E-state index in [0.717, 1.165) is 5.01 Å². The molecule has 2 aromatic rings. The van der Waals surface area contributed by atoms with E-state index in [0.29, 0.717) is 17.9 Å². The van der Waals surface area contributed by atoms with Crippen LogP contribution < -0.4 is 4.74 Å². The molecular weight excluding hydrogens is 330 g/mol. The van der Waals surface area contributed by atoms with Crippen molar-refractivity contribution in [3.05, 3.63) is 57.8 Å². The molecule has 0 spiro atoms. The molecule has 0 saturated carbocycles. The van der Waals surface area contributed by atoms with Crippen LogP contribution in [0.5, 0.6) is 5.75 Å². The number of amides is 1. The Kier molecular flexibility index (Phi) is 4.38. The van der Waals surface area contributed by atoms with Gasteiger partial charge in [0.05, 0.1) is 12.7 Å².